The first kappa shape index (κ1) is 21.6. The van der Waals surface area contributed by atoms with Crippen LogP contribution < -0.4 is 5.32 Å². The molecule has 0 aromatic heterocycles. The Morgan fingerprint density at radius 1 is 1.06 bits per heavy atom. The Morgan fingerprint density at radius 2 is 1.88 bits per heavy atom. The van der Waals surface area contributed by atoms with Crippen molar-refractivity contribution in [2.45, 2.75) is 30.3 Å². The van der Waals surface area contributed by atoms with E-state index in [4.69, 9.17) is 0 Å². The van der Waals surface area contributed by atoms with Crippen LogP contribution in [-0.4, -0.2) is 29.2 Å². The van der Waals surface area contributed by atoms with Crippen LogP contribution in [0.3, 0.4) is 0 Å². The van der Waals surface area contributed by atoms with Gasteiger partial charge in [0, 0.05) is 39.3 Å². The second-order valence-electron chi connectivity index (χ2n) is 9.21. The first-order valence-electron chi connectivity index (χ1n) is 11.4. The number of halogens is 3. The lowest BCUT2D eigenvalue weighted by Crippen LogP contribution is -2.52. The lowest BCUT2D eigenvalue weighted by atomic mass is 9.68. The van der Waals surface area contributed by atoms with Gasteiger partial charge in [0.15, 0.2) is 5.78 Å². The lowest BCUT2D eigenvalue weighted by Gasteiger charge is -2.37. The molecule has 172 valence electrons. The van der Waals surface area contributed by atoms with Crippen molar-refractivity contribution in [1.82, 2.24) is 4.90 Å². The average molecular weight is 523 g/mol. The summed E-state index contributed by atoms with van der Waals surface area (Å²) < 4.78 is 29.8. The molecule has 3 aromatic rings. The van der Waals surface area contributed by atoms with Gasteiger partial charge in [-0.1, -0.05) is 52.3 Å². The normalized spacial score (nSPS) is 27.6. The van der Waals surface area contributed by atoms with E-state index in [1.807, 2.05) is 30.3 Å². The number of benzene rings is 3. The molecule has 4 nitrogen and oxygen atoms in total. The summed E-state index contributed by atoms with van der Waals surface area (Å²) >= 11 is 3.44. The summed E-state index contributed by atoms with van der Waals surface area (Å²) in [5.74, 6) is -3.33. The highest BCUT2D eigenvalue weighted by Gasteiger charge is 2.69. The highest BCUT2D eigenvalue weighted by Crippen LogP contribution is 2.61. The van der Waals surface area contributed by atoms with Crippen LogP contribution in [0.1, 0.15) is 40.2 Å². The van der Waals surface area contributed by atoms with E-state index >= 15 is 4.39 Å². The number of ketones is 1. The topological polar surface area (TPSA) is 49.4 Å². The summed E-state index contributed by atoms with van der Waals surface area (Å²) in [7, 11) is 0. The fraction of sp³-hybridized carbons (Fsp3) is 0.259. The van der Waals surface area contributed by atoms with Crippen molar-refractivity contribution in [2.75, 3.05) is 11.9 Å². The Balaban J connectivity index is 1.63. The molecule has 34 heavy (non-hydrogen) atoms. The predicted molar refractivity (Wildman–Crippen MR) is 128 cm³/mol. The number of anilines is 1. The third-order valence-corrected chi connectivity index (χ3v) is 8.11. The predicted octanol–water partition coefficient (Wildman–Crippen LogP) is 5.64. The molecule has 3 aliphatic rings. The van der Waals surface area contributed by atoms with Crippen LogP contribution in [0.15, 0.2) is 71.2 Å². The molecule has 4 unspecified atom stereocenters. The Bertz CT molecular complexity index is 1350. The summed E-state index contributed by atoms with van der Waals surface area (Å²) in [6, 6.07) is 17.8. The first-order chi connectivity index (χ1) is 16.4. The highest BCUT2D eigenvalue weighted by atomic mass is 79.9. The number of amides is 1. The van der Waals surface area contributed by atoms with Gasteiger partial charge in [0.2, 0.25) is 5.91 Å². The van der Waals surface area contributed by atoms with Crippen LogP contribution in [0.25, 0.3) is 0 Å². The number of nitrogens with zero attached hydrogens (tertiary/aromatic N) is 1. The van der Waals surface area contributed by atoms with Crippen LogP contribution in [0.4, 0.5) is 14.5 Å². The molecular formula is C27H21BrF2N2O2. The third-order valence-electron chi connectivity index (χ3n) is 7.62. The fourth-order valence-corrected chi connectivity index (χ4v) is 6.85. The highest BCUT2D eigenvalue weighted by molar-refractivity contribution is 9.10. The Morgan fingerprint density at radius 3 is 2.68 bits per heavy atom. The maximum absolute atomic E-state index is 15.3. The van der Waals surface area contributed by atoms with Gasteiger partial charge in [0.05, 0.1) is 5.92 Å². The molecule has 3 aliphatic heterocycles. The summed E-state index contributed by atoms with van der Waals surface area (Å²) in [5.41, 5.74) is 0.879. The van der Waals surface area contributed by atoms with Crippen molar-refractivity contribution in [3.8, 4) is 0 Å². The number of hydrogen-bond donors (Lipinski definition) is 1. The fourth-order valence-electron chi connectivity index (χ4n) is 6.46. The van der Waals surface area contributed by atoms with Crippen molar-refractivity contribution in [3.05, 3.63) is 99.5 Å². The molecule has 2 fully saturated rings. The Hall–Kier alpha value is -2.90. The molecule has 3 aromatic carbocycles. The zero-order valence-corrected chi connectivity index (χ0v) is 19.7. The number of Topliss-reactive ketones (excluding diaryl/α,β-unsaturated/α-hetero) is 1. The number of carbonyl (C=O) groups excluding carboxylic acids is 2. The first-order valence-corrected chi connectivity index (χ1v) is 12.1. The summed E-state index contributed by atoms with van der Waals surface area (Å²) in [5, 5.41) is 2.99. The molecule has 1 spiro atoms. The molecule has 0 saturated carbocycles. The largest absolute Gasteiger partial charge is 0.324 e. The number of nitrogens with one attached hydrogen (secondary N) is 1. The maximum atomic E-state index is 15.3. The minimum absolute atomic E-state index is 0.224. The van der Waals surface area contributed by atoms with Crippen molar-refractivity contribution < 1.29 is 18.4 Å². The van der Waals surface area contributed by atoms with Gasteiger partial charge in [0.1, 0.15) is 17.2 Å². The van der Waals surface area contributed by atoms with E-state index in [9.17, 15) is 14.0 Å². The van der Waals surface area contributed by atoms with E-state index in [0.717, 1.165) is 28.9 Å². The molecule has 0 radical (unpaired) electrons. The number of carbonyl (C=O) groups is 2. The summed E-state index contributed by atoms with van der Waals surface area (Å²) in [6.45, 7) is 0.619. The Labute approximate surface area is 204 Å². The van der Waals surface area contributed by atoms with Crippen molar-refractivity contribution in [1.29, 1.82) is 0 Å². The smallest absolute Gasteiger partial charge is 0.250 e. The number of hydrogen-bond acceptors (Lipinski definition) is 3. The number of fused-ring (bicyclic) bond motifs is 4. The molecule has 0 bridgehead atoms. The van der Waals surface area contributed by atoms with Crippen LogP contribution in [0.2, 0.25) is 0 Å². The van der Waals surface area contributed by atoms with Gasteiger partial charge in [-0.05, 0) is 49.2 Å². The third kappa shape index (κ3) is 2.89. The van der Waals surface area contributed by atoms with E-state index in [0.29, 0.717) is 17.8 Å². The second-order valence-corrected chi connectivity index (χ2v) is 10.1. The minimum Gasteiger partial charge on any atom is -0.324 e. The van der Waals surface area contributed by atoms with E-state index in [1.165, 1.54) is 12.1 Å². The summed E-state index contributed by atoms with van der Waals surface area (Å²) in [6.07, 6.45) is 1.56. The van der Waals surface area contributed by atoms with Gasteiger partial charge in [-0.15, -0.1) is 0 Å². The molecule has 1 amide bonds. The minimum atomic E-state index is -1.26. The Kier molecular flexibility index (Phi) is 4.97. The molecule has 3 heterocycles. The molecule has 2 saturated heterocycles. The van der Waals surface area contributed by atoms with Crippen LogP contribution >= 0.6 is 15.9 Å². The van der Waals surface area contributed by atoms with Crippen LogP contribution in [-0.2, 0) is 10.3 Å². The van der Waals surface area contributed by atoms with E-state index in [-0.39, 0.29) is 23.3 Å². The van der Waals surface area contributed by atoms with Gasteiger partial charge in [0.25, 0.3) is 0 Å². The zero-order chi connectivity index (χ0) is 23.6. The molecule has 4 atom stereocenters. The van der Waals surface area contributed by atoms with Gasteiger partial charge in [-0.3, -0.25) is 14.5 Å². The van der Waals surface area contributed by atoms with Crippen LogP contribution in [0.5, 0.6) is 0 Å². The van der Waals surface area contributed by atoms with Gasteiger partial charge < -0.3 is 5.32 Å². The molecule has 6 rings (SSSR count). The van der Waals surface area contributed by atoms with Crippen molar-refractivity contribution in [3.63, 3.8) is 0 Å². The van der Waals surface area contributed by atoms with E-state index in [2.05, 4.69) is 26.1 Å². The van der Waals surface area contributed by atoms with Gasteiger partial charge in [-0.25, -0.2) is 8.78 Å². The second kappa shape index (κ2) is 7.82. The lowest BCUT2D eigenvalue weighted by molar-refractivity contribution is -0.127. The number of para-hydroxylation sites is 1. The molecular weight excluding hydrogens is 502 g/mol. The standard InChI is InChI=1S/C27H21BrF2N2O2/c28-16-6-3-5-15(13-16)25(33)24-23(18-11-10-17(29)14-20(18)30)22-9-4-12-32(22)27(24)19-7-1-2-8-21(19)31-26(27)34/h1-3,5-8,10-11,13-14,22-24H,4,9,12H2,(H,31,34). The van der Waals surface area contributed by atoms with Gasteiger partial charge >= 0.3 is 0 Å². The van der Waals surface area contributed by atoms with Gasteiger partial charge in [-0.2, -0.15) is 0 Å². The average Bonchev–Trinajstić information content (AvgIpc) is 3.47. The maximum Gasteiger partial charge on any atom is 0.250 e. The van der Waals surface area contributed by atoms with Crippen LogP contribution in [0, 0.1) is 17.6 Å². The van der Waals surface area contributed by atoms with E-state index in [1.54, 1.807) is 18.2 Å². The number of rotatable bonds is 3. The van der Waals surface area contributed by atoms with E-state index < -0.39 is 29.0 Å². The van der Waals surface area contributed by atoms with Crippen molar-refractivity contribution >= 4 is 33.3 Å². The SMILES string of the molecule is O=C(c1cccc(Br)c1)C1C(c2ccc(F)cc2F)C2CCCN2C12C(=O)Nc1ccccc12. The monoisotopic (exact) mass is 522 g/mol. The molecule has 7 heteroatoms. The van der Waals surface area contributed by atoms with Crippen molar-refractivity contribution in [2.24, 2.45) is 5.92 Å². The summed E-state index contributed by atoms with van der Waals surface area (Å²) in [4.78, 5) is 30.2. The molecule has 1 N–H and O–H groups in total. The quantitative estimate of drug-likeness (QED) is 0.453. The zero-order valence-electron chi connectivity index (χ0n) is 18.1. The molecule has 0 aliphatic carbocycles.